The summed E-state index contributed by atoms with van der Waals surface area (Å²) < 4.78 is 51.3. The average Bonchev–Trinajstić information content (AvgIpc) is 2.41. The minimum Gasteiger partial charge on any atom is -0.376 e. The molecule has 112 valence electrons. The maximum absolute atomic E-state index is 13.8. The van der Waals surface area contributed by atoms with E-state index in [1.54, 1.807) is 0 Å². The lowest BCUT2D eigenvalue weighted by Gasteiger charge is -2.38. The van der Waals surface area contributed by atoms with Crippen molar-refractivity contribution < 1.29 is 17.6 Å². The van der Waals surface area contributed by atoms with Gasteiger partial charge < -0.3 is 11.1 Å². The quantitative estimate of drug-likeness (QED) is 0.828. The van der Waals surface area contributed by atoms with Crippen LogP contribution in [0.2, 0.25) is 0 Å². The maximum Gasteiger partial charge on any atom is 0.416 e. The van der Waals surface area contributed by atoms with Gasteiger partial charge in [-0.15, -0.1) is 0 Å². The SMILES string of the molecule is NCC1(Nc2ccc(C(F)(F)F)cc2F)CCCCC1. The molecule has 1 fully saturated rings. The van der Waals surface area contributed by atoms with Crippen LogP contribution in [0.15, 0.2) is 18.2 Å². The van der Waals surface area contributed by atoms with Gasteiger partial charge in [-0.1, -0.05) is 19.3 Å². The lowest BCUT2D eigenvalue weighted by molar-refractivity contribution is -0.137. The standard InChI is InChI=1S/C14H18F4N2/c15-11-8-10(14(16,17)18)4-5-12(11)20-13(9-19)6-2-1-3-7-13/h4-5,8,20H,1-3,6-7,9,19H2. The second-order valence-electron chi connectivity index (χ2n) is 5.36. The number of hydrogen-bond donors (Lipinski definition) is 2. The van der Waals surface area contributed by atoms with Crippen LogP contribution in [0.3, 0.4) is 0 Å². The van der Waals surface area contributed by atoms with Gasteiger partial charge in [-0.25, -0.2) is 4.39 Å². The van der Waals surface area contributed by atoms with E-state index >= 15 is 0 Å². The summed E-state index contributed by atoms with van der Waals surface area (Å²) in [5.74, 6) is -0.891. The van der Waals surface area contributed by atoms with Gasteiger partial charge in [0.05, 0.1) is 11.3 Å². The Hall–Kier alpha value is -1.30. The molecule has 0 aromatic heterocycles. The predicted molar refractivity (Wildman–Crippen MR) is 69.9 cm³/mol. The molecular formula is C14H18F4N2. The van der Waals surface area contributed by atoms with Crippen LogP contribution >= 0.6 is 0 Å². The molecule has 2 rings (SSSR count). The van der Waals surface area contributed by atoms with Crippen molar-refractivity contribution in [2.24, 2.45) is 5.73 Å². The highest BCUT2D eigenvalue weighted by molar-refractivity contribution is 5.49. The minimum atomic E-state index is -4.53. The van der Waals surface area contributed by atoms with Gasteiger partial charge >= 0.3 is 6.18 Å². The van der Waals surface area contributed by atoms with E-state index in [9.17, 15) is 17.6 Å². The summed E-state index contributed by atoms with van der Waals surface area (Å²) in [7, 11) is 0. The zero-order chi connectivity index (χ0) is 14.8. The van der Waals surface area contributed by atoms with Crippen molar-refractivity contribution in [2.45, 2.75) is 43.8 Å². The molecule has 6 heteroatoms. The van der Waals surface area contributed by atoms with Crippen molar-refractivity contribution in [1.82, 2.24) is 0 Å². The first-order valence-corrected chi connectivity index (χ1v) is 6.71. The fourth-order valence-electron chi connectivity index (χ4n) is 2.69. The molecule has 0 atom stereocenters. The number of alkyl halides is 3. The van der Waals surface area contributed by atoms with Crippen LogP contribution in [-0.2, 0) is 6.18 Å². The minimum absolute atomic E-state index is 0.0883. The molecule has 1 saturated carbocycles. The first-order chi connectivity index (χ1) is 9.36. The van der Waals surface area contributed by atoms with Crippen LogP contribution in [0.4, 0.5) is 23.2 Å². The summed E-state index contributed by atoms with van der Waals surface area (Å²) >= 11 is 0. The summed E-state index contributed by atoms with van der Waals surface area (Å²) in [6.45, 7) is 0.341. The van der Waals surface area contributed by atoms with E-state index < -0.39 is 23.1 Å². The number of nitrogens with one attached hydrogen (secondary N) is 1. The molecule has 0 saturated heterocycles. The van der Waals surface area contributed by atoms with Crippen LogP contribution in [0.5, 0.6) is 0 Å². The summed E-state index contributed by atoms with van der Waals surface area (Å²) in [5.41, 5.74) is 4.47. The second-order valence-corrected chi connectivity index (χ2v) is 5.36. The van der Waals surface area contributed by atoms with Crippen molar-refractivity contribution in [1.29, 1.82) is 0 Å². The third-order valence-corrected chi connectivity index (χ3v) is 3.90. The first kappa shape index (κ1) is 15.1. The predicted octanol–water partition coefficient (Wildman–Crippen LogP) is 3.92. The Morgan fingerprint density at radius 3 is 2.30 bits per heavy atom. The number of halogens is 4. The second kappa shape index (κ2) is 5.60. The Balaban J connectivity index is 2.21. The van der Waals surface area contributed by atoms with Crippen LogP contribution in [0.25, 0.3) is 0 Å². The molecule has 0 radical (unpaired) electrons. The third kappa shape index (κ3) is 3.23. The van der Waals surface area contributed by atoms with Gasteiger partial charge in [-0.2, -0.15) is 13.2 Å². The zero-order valence-corrected chi connectivity index (χ0v) is 11.1. The van der Waals surface area contributed by atoms with E-state index in [2.05, 4.69) is 5.32 Å². The molecule has 0 heterocycles. The summed E-state index contributed by atoms with van der Waals surface area (Å²) in [5, 5.41) is 3.02. The summed E-state index contributed by atoms with van der Waals surface area (Å²) in [4.78, 5) is 0. The highest BCUT2D eigenvalue weighted by atomic mass is 19.4. The largest absolute Gasteiger partial charge is 0.416 e. The molecular weight excluding hydrogens is 272 g/mol. The van der Waals surface area contributed by atoms with Gasteiger partial charge in [-0.05, 0) is 31.0 Å². The van der Waals surface area contributed by atoms with E-state index in [1.165, 1.54) is 0 Å². The zero-order valence-electron chi connectivity index (χ0n) is 11.1. The Morgan fingerprint density at radius 2 is 1.80 bits per heavy atom. The van der Waals surface area contributed by atoms with Gasteiger partial charge in [0.1, 0.15) is 5.82 Å². The molecule has 1 aromatic carbocycles. The van der Waals surface area contributed by atoms with Crippen LogP contribution in [0, 0.1) is 5.82 Å². The molecule has 2 nitrogen and oxygen atoms in total. The van der Waals surface area contributed by atoms with E-state index in [4.69, 9.17) is 5.73 Å². The van der Waals surface area contributed by atoms with Crippen molar-refractivity contribution in [3.05, 3.63) is 29.6 Å². The molecule has 0 bridgehead atoms. The summed E-state index contributed by atoms with van der Waals surface area (Å²) in [6.07, 6.45) is 0.182. The first-order valence-electron chi connectivity index (χ1n) is 6.71. The summed E-state index contributed by atoms with van der Waals surface area (Å²) in [6, 6.07) is 2.55. The number of rotatable bonds is 3. The Kier molecular flexibility index (Phi) is 4.22. The monoisotopic (exact) mass is 290 g/mol. The topological polar surface area (TPSA) is 38.0 Å². The average molecular weight is 290 g/mol. The van der Waals surface area contributed by atoms with Gasteiger partial charge in [0.25, 0.3) is 0 Å². The number of hydrogen-bond acceptors (Lipinski definition) is 2. The highest BCUT2D eigenvalue weighted by Gasteiger charge is 2.33. The number of benzene rings is 1. The van der Waals surface area contributed by atoms with E-state index in [1.807, 2.05) is 0 Å². The van der Waals surface area contributed by atoms with Gasteiger partial charge in [0.15, 0.2) is 0 Å². The Morgan fingerprint density at radius 1 is 1.15 bits per heavy atom. The normalized spacial score (nSPS) is 18.9. The van der Waals surface area contributed by atoms with Crippen molar-refractivity contribution in [3.8, 4) is 0 Å². The van der Waals surface area contributed by atoms with Crippen LogP contribution in [-0.4, -0.2) is 12.1 Å². The number of nitrogens with two attached hydrogens (primary N) is 1. The molecule has 0 aliphatic heterocycles. The van der Waals surface area contributed by atoms with E-state index in [0.717, 1.165) is 44.2 Å². The van der Waals surface area contributed by atoms with Crippen molar-refractivity contribution in [3.63, 3.8) is 0 Å². The number of anilines is 1. The molecule has 1 aliphatic rings. The van der Waals surface area contributed by atoms with Crippen molar-refractivity contribution in [2.75, 3.05) is 11.9 Å². The fraction of sp³-hybridized carbons (Fsp3) is 0.571. The Bertz CT molecular complexity index is 465. The van der Waals surface area contributed by atoms with E-state index in [0.29, 0.717) is 12.6 Å². The molecule has 0 amide bonds. The lowest BCUT2D eigenvalue weighted by Crippen LogP contribution is -2.47. The molecule has 0 spiro atoms. The molecule has 0 unspecified atom stereocenters. The molecule has 20 heavy (non-hydrogen) atoms. The smallest absolute Gasteiger partial charge is 0.376 e. The molecule has 3 N–H and O–H groups in total. The fourth-order valence-corrected chi connectivity index (χ4v) is 2.69. The maximum atomic E-state index is 13.8. The highest BCUT2D eigenvalue weighted by Crippen LogP contribution is 2.34. The van der Waals surface area contributed by atoms with Crippen LogP contribution in [0.1, 0.15) is 37.7 Å². The van der Waals surface area contributed by atoms with Gasteiger partial charge in [0, 0.05) is 12.1 Å². The van der Waals surface area contributed by atoms with E-state index in [-0.39, 0.29) is 5.69 Å². The van der Waals surface area contributed by atoms with Crippen LogP contribution < -0.4 is 11.1 Å². The molecule has 1 aliphatic carbocycles. The van der Waals surface area contributed by atoms with Gasteiger partial charge in [-0.3, -0.25) is 0 Å². The van der Waals surface area contributed by atoms with Gasteiger partial charge in [0.2, 0.25) is 0 Å². The lowest BCUT2D eigenvalue weighted by atomic mass is 9.81. The molecule has 1 aromatic rings. The third-order valence-electron chi connectivity index (χ3n) is 3.90. The van der Waals surface area contributed by atoms with Crippen molar-refractivity contribution >= 4 is 5.69 Å². The Labute approximate surface area is 115 Å².